The summed E-state index contributed by atoms with van der Waals surface area (Å²) >= 11 is 0. The molecule has 0 saturated heterocycles. The molecule has 5 nitrogen and oxygen atoms in total. The zero-order valence-electron chi connectivity index (χ0n) is 35.3. The first-order valence-electron chi connectivity index (χ1n) is 21.9. The Morgan fingerprint density at radius 1 is 0.453 bits per heavy atom. The molecule has 302 valence electrons. The second-order valence-corrected chi connectivity index (χ2v) is 17.4. The van der Waals surface area contributed by atoms with Crippen molar-refractivity contribution >= 4 is 71.5 Å². The lowest BCUT2D eigenvalue weighted by Gasteiger charge is -2.42. The molecule has 0 atom stereocenters. The van der Waals surface area contributed by atoms with Gasteiger partial charge in [-0.3, -0.25) is 4.57 Å². The number of hydrogen-bond donors (Lipinski definition) is 0. The maximum Gasteiger partial charge on any atom is 0.235 e. The van der Waals surface area contributed by atoms with Crippen LogP contribution in [-0.4, -0.2) is 14.5 Å². The van der Waals surface area contributed by atoms with Crippen molar-refractivity contribution in [3.05, 3.63) is 217 Å². The van der Waals surface area contributed by atoms with E-state index >= 15 is 0 Å². The molecule has 0 bridgehead atoms. The number of rotatable bonds is 5. The van der Waals surface area contributed by atoms with Gasteiger partial charge >= 0.3 is 0 Å². The van der Waals surface area contributed by atoms with Crippen LogP contribution in [0.3, 0.4) is 0 Å². The molecular weight excluding hydrogens is 781 g/mol. The standard InChI is InChI=1S/C59H40N4O/c1-59(2)46-24-14-15-25-50(46)62(43-21-10-5-11-22-43)51-32-29-41(35-47(51)59)40-28-31-49-45(34-40)54-44-23-13-12-16-37(44)27-33-52(54)63(49)58-60-48-30-26-42-36-53(38-17-6-3-7-18-38)64-57(42)55(48)56(61-58)39-19-8-4-9-20-39/h3-36H,1-2H3. The number of hydrogen-bond acceptors (Lipinski definition) is 4. The molecule has 1 aliphatic heterocycles. The highest BCUT2D eigenvalue weighted by molar-refractivity contribution is 6.22. The average molecular weight is 821 g/mol. The van der Waals surface area contributed by atoms with Gasteiger partial charge in [0.15, 0.2) is 0 Å². The van der Waals surface area contributed by atoms with Crippen LogP contribution in [0, 0.1) is 0 Å². The number of anilines is 3. The van der Waals surface area contributed by atoms with E-state index in [2.05, 4.69) is 205 Å². The molecule has 3 aromatic heterocycles. The zero-order chi connectivity index (χ0) is 42.5. The summed E-state index contributed by atoms with van der Waals surface area (Å²) in [5.41, 5.74) is 14.8. The Morgan fingerprint density at radius 3 is 1.94 bits per heavy atom. The predicted octanol–water partition coefficient (Wildman–Crippen LogP) is 15.7. The monoisotopic (exact) mass is 820 g/mol. The summed E-state index contributed by atoms with van der Waals surface area (Å²) < 4.78 is 8.96. The highest BCUT2D eigenvalue weighted by Gasteiger charge is 2.37. The van der Waals surface area contributed by atoms with Crippen molar-refractivity contribution in [2.75, 3.05) is 4.90 Å². The molecule has 0 N–H and O–H groups in total. The Kier molecular flexibility index (Phi) is 7.88. The van der Waals surface area contributed by atoms with Gasteiger partial charge in [0.25, 0.3) is 0 Å². The van der Waals surface area contributed by atoms with E-state index in [0.717, 1.165) is 72.1 Å². The van der Waals surface area contributed by atoms with Gasteiger partial charge in [0.05, 0.1) is 39.0 Å². The minimum absolute atomic E-state index is 0.224. The SMILES string of the molecule is CC1(C)c2ccccc2N(c2ccccc2)c2ccc(-c3ccc4c(c3)c3c5ccccc5ccc3n4-c3nc(-c4ccccc4)c4c(ccc5cc(-c6ccccc6)oc54)n3)cc21. The number of para-hydroxylation sites is 2. The van der Waals surface area contributed by atoms with Gasteiger partial charge in [-0.15, -0.1) is 0 Å². The maximum absolute atomic E-state index is 6.71. The van der Waals surface area contributed by atoms with Crippen molar-refractivity contribution in [2.24, 2.45) is 0 Å². The van der Waals surface area contributed by atoms with Gasteiger partial charge in [0.1, 0.15) is 11.3 Å². The van der Waals surface area contributed by atoms with Gasteiger partial charge in [0, 0.05) is 38.4 Å². The molecule has 0 aliphatic carbocycles. The van der Waals surface area contributed by atoms with Crippen LogP contribution in [0.4, 0.5) is 17.1 Å². The first-order chi connectivity index (χ1) is 31.5. The molecule has 12 aromatic rings. The van der Waals surface area contributed by atoms with E-state index in [4.69, 9.17) is 14.4 Å². The fraction of sp³-hybridized carbons (Fsp3) is 0.0508. The van der Waals surface area contributed by atoms with Crippen molar-refractivity contribution < 1.29 is 4.42 Å². The van der Waals surface area contributed by atoms with Crippen LogP contribution >= 0.6 is 0 Å². The predicted molar refractivity (Wildman–Crippen MR) is 264 cm³/mol. The summed E-state index contributed by atoms with van der Waals surface area (Å²) in [5, 5.41) is 6.61. The van der Waals surface area contributed by atoms with Gasteiger partial charge in [-0.2, -0.15) is 0 Å². The topological polar surface area (TPSA) is 47.1 Å². The zero-order valence-corrected chi connectivity index (χ0v) is 35.3. The van der Waals surface area contributed by atoms with Gasteiger partial charge in [-0.25, -0.2) is 9.97 Å². The van der Waals surface area contributed by atoms with Crippen LogP contribution < -0.4 is 4.90 Å². The van der Waals surface area contributed by atoms with Crippen LogP contribution in [-0.2, 0) is 5.41 Å². The van der Waals surface area contributed by atoms with E-state index in [1.165, 1.54) is 44.2 Å². The van der Waals surface area contributed by atoms with Crippen LogP contribution in [0.1, 0.15) is 25.0 Å². The smallest absolute Gasteiger partial charge is 0.235 e. The summed E-state index contributed by atoms with van der Waals surface area (Å²) in [7, 11) is 0. The van der Waals surface area contributed by atoms with Gasteiger partial charge in [-0.05, 0) is 99.8 Å². The number of benzene rings is 9. The summed E-state index contributed by atoms with van der Waals surface area (Å²) in [6.07, 6.45) is 0. The number of fused-ring (bicyclic) bond motifs is 10. The molecule has 64 heavy (non-hydrogen) atoms. The summed E-state index contributed by atoms with van der Waals surface area (Å²) in [4.78, 5) is 13.3. The van der Waals surface area contributed by atoms with E-state index in [-0.39, 0.29) is 5.41 Å². The Bertz CT molecular complexity index is 3810. The average Bonchev–Trinajstić information content (AvgIpc) is 3.95. The van der Waals surface area contributed by atoms with Gasteiger partial charge in [-0.1, -0.05) is 153 Å². The van der Waals surface area contributed by atoms with Gasteiger partial charge in [0.2, 0.25) is 5.95 Å². The quantitative estimate of drug-likeness (QED) is 0.174. The molecule has 0 amide bonds. The van der Waals surface area contributed by atoms with E-state index in [1.54, 1.807) is 0 Å². The van der Waals surface area contributed by atoms with Crippen molar-refractivity contribution in [3.8, 4) is 39.7 Å². The van der Waals surface area contributed by atoms with Crippen molar-refractivity contribution in [2.45, 2.75) is 19.3 Å². The molecule has 0 fully saturated rings. The number of nitrogens with zero attached hydrogens (tertiary/aromatic N) is 4. The lowest BCUT2D eigenvalue weighted by Crippen LogP contribution is -2.30. The minimum Gasteiger partial charge on any atom is -0.455 e. The Morgan fingerprint density at radius 2 is 1.11 bits per heavy atom. The summed E-state index contributed by atoms with van der Waals surface area (Å²) in [6, 6.07) is 73.6. The maximum atomic E-state index is 6.71. The molecule has 9 aromatic carbocycles. The fourth-order valence-electron chi connectivity index (χ4n) is 10.3. The van der Waals surface area contributed by atoms with Crippen molar-refractivity contribution in [3.63, 3.8) is 0 Å². The Labute approximate surface area is 370 Å². The van der Waals surface area contributed by atoms with Crippen LogP contribution in [0.5, 0.6) is 0 Å². The molecular formula is C59H40N4O. The molecule has 0 radical (unpaired) electrons. The summed E-state index contributed by atoms with van der Waals surface area (Å²) in [6.45, 7) is 4.71. The summed E-state index contributed by atoms with van der Waals surface area (Å²) in [5.74, 6) is 1.43. The third-order valence-corrected chi connectivity index (χ3v) is 13.4. The lowest BCUT2D eigenvalue weighted by atomic mass is 9.73. The molecule has 13 rings (SSSR count). The van der Waals surface area contributed by atoms with Crippen LogP contribution in [0.2, 0.25) is 0 Å². The van der Waals surface area contributed by atoms with Crippen molar-refractivity contribution in [1.82, 2.24) is 14.5 Å². The highest BCUT2D eigenvalue weighted by atomic mass is 16.3. The minimum atomic E-state index is -0.224. The fourth-order valence-corrected chi connectivity index (χ4v) is 10.3. The van der Waals surface area contributed by atoms with E-state index in [0.29, 0.717) is 5.95 Å². The second-order valence-electron chi connectivity index (χ2n) is 17.4. The number of aromatic nitrogens is 3. The molecule has 0 saturated carbocycles. The molecule has 5 heteroatoms. The third-order valence-electron chi connectivity index (χ3n) is 13.4. The second kappa shape index (κ2) is 13.9. The first-order valence-corrected chi connectivity index (χ1v) is 21.9. The van der Waals surface area contributed by atoms with E-state index in [1.807, 2.05) is 24.3 Å². The lowest BCUT2D eigenvalue weighted by molar-refractivity contribution is 0.632. The molecule has 0 spiro atoms. The number of furan rings is 1. The van der Waals surface area contributed by atoms with E-state index < -0.39 is 0 Å². The normalized spacial score (nSPS) is 13.2. The first kappa shape index (κ1) is 36.4. The third kappa shape index (κ3) is 5.44. The van der Waals surface area contributed by atoms with Crippen LogP contribution in [0.25, 0.3) is 94.1 Å². The Balaban J connectivity index is 1.04. The van der Waals surface area contributed by atoms with Crippen molar-refractivity contribution in [1.29, 1.82) is 0 Å². The molecule has 4 heterocycles. The van der Waals surface area contributed by atoms with Crippen LogP contribution in [0.15, 0.2) is 211 Å². The highest BCUT2D eigenvalue weighted by Crippen LogP contribution is 2.53. The largest absolute Gasteiger partial charge is 0.455 e. The molecule has 1 aliphatic rings. The molecule has 0 unspecified atom stereocenters. The van der Waals surface area contributed by atoms with E-state index in [9.17, 15) is 0 Å². The van der Waals surface area contributed by atoms with Gasteiger partial charge < -0.3 is 9.32 Å². The Hall–Kier alpha value is -8.28.